The second-order valence-corrected chi connectivity index (χ2v) is 4.26. The van der Waals surface area contributed by atoms with Gasteiger partial charge in [-0.15, -0.1) is 0 Å². The van der Waals surface area contributed by atoms with E-state index in [1.807, 2.05) is 19.0 Å². The number of hydrogen-bond acceptors (Lipinski definition) is 4. The van der Waals surface area contributed by atoms with Gasteiger partial charge in [-0.05, 0) is 21.0 Å². The fourth-order valence-corrected chi connectivity index (χ4v) is 0.444. The molecule has 96 valence electrons. The van der Waals surface area contributed by atoms with Crippen molar-refractivity contribution >= 4 is 13.8 Å². The number of ether oxygens (including phenoxy) is 1. The highest BCUT2D eigenvalue weighted by molar-refractivity contribution is 7.45. The molecule has 0 aromatic carbocycles. The number of esters is 1. The van der Waals surface area contributed by atoms with Crippen molar-refractivity contribution in [2.24, 2.45) is 0 Å². The minimum atomic E-state index is -4.64. The average Bonchev–Trinajstić information content (AvgIpc) is 1.99. The van der Waals surface area contributed by atoms with Crippen LogP contribution < -0.4 is 0 Å². The summed E-state index contributed by atoms with van der Waals surface area (Å²) in [6.45, 7) is 6.28. The Kier molecular flexibility index (Phi) is 9.31. The van der Waals surface area contributed by atoms with Crippen LogP contribution in [0.5, 0.6) is 0 Å². The van der Waals surface area contributed by atoms with Crippen molar-refractivity contribution in [2.45, 2.75) is 6.92 Å². The maximum absolute atomic E-state index is 10.8. The van der Waals surface area contributed by atoms with E-state index in [-0.39, 0.29) is 5.97 Å². The van der Waals surface area contributed by atoms with Gasteiger partial charge in [0.1, 0.15) is 6.61 Å². The monoisotopic (exact) mass is 255 g/mol. The van der Waals surface area contributed by atoms with E-state index < -0.39 is 7.82 Å². The molecular formula is C8H18NO6P. The minimum Gasteiger partial charge on any atom is -0.461 e. The zero-order valence-corrected chi connectivity index (χ0v) is 10.5. The van der Waals surface area contributed by atoms with E-state index in [4.69, 9.17) is 24.0 Å². The van der Waals surface area contributed by atoms with E-state index in [2.05, 4.69) is 6.58 Å². The lowest BCUT2D eigenvalue weighted by Gasteiger charge is -2.09. The van der Waals surface area contributed by atoms with Crippen molar-refractivity contribution in [3.63, 3.8) is 0 Å². The predicted molar refractivity (Wildman–Crippen MR) is 58.6 cm³/mol. The summed E-state index contributed by atoms with van der Waals surface area (Å²) in [5.74, 6) is -0.313. The summed E-state index contributed by atoms with van der Waals surface area (Å²) < 4.78 is 13.7. The Hall–Kier alpha value is -0.720. The molecule has 0 aromatic rings. The SMILES string of the molecule is C=C(C)C(=O)OCCN(C)C.O=P(O)(O)O. The van der Waals surface area contributed by atoms with Gasteiger partial charge in [0, 0.05) is 12.1 Å². The third-order valence-corrected chi connectivity index (χ3v) is 1.12. The molecule has 0 spiro atoms. The van der Waals surface area contributed by atoms with Crippen LogP contribution in [0.4, 0.5) is 0 Å². The third kappa shape index (κ3) is 23.3. The summed E-state index contributed by atoms with van der Waals surface area (Å²) in [5.41, 5.74) is 0.448. The largest absolute Gasteiger partial charge is 0.466 e. The predicted octanol–water partition coefficient (Wildman–Crippen LogP) is -0.261. The zero-order chi connectivity index (χ0) is 13.4. The topological polar surface area (TPSA) is 107 Å². The molecule has 0 aromatic heterocycles. The van der Waals surface area contributed by atoms with Crippen molar-refractivity contribution in [3.8, 4) is 0 Å². The molecule has 0 aliphatic heterocycles. The first-order valence-corrected chi connectivity index (χ1v) is 5.86. The standard InChI is InChI=1S/C8H15NO2.H3O4P/c1-7(2)8(10)11-6-5-9(3)4;1-5(2,3)4/h1,5-6H2,2-4H3;(H3,1,2,3,4). The molecule has 0 fully saturated rings. The van der Waals surface area contributed by atoms with Crippen LogP contribution in [0.25, 0.3) is 0 Å². The number of carbonyl (C=O) groups excluding carboxylic acids is 1. The lowest BCUT2D eigenvalue weighted by Crippen LogP contribution is -2.20. The van der Waals surface area contributed by atoms with E-state index in [0.717, 1.165) is 6.54 Å². The average molecular weight is 255 g/mol. The lowest BCUT2D eigenvalue weighted by molar-refractivity contribution is -0.139. The van der Waals surface area contributed by atoms with E-state index in [9.17, 15) is 4.79 Å². The summed E-state index contributed by atoms with van der Waals surface area (Å²) >= 11 is 0. The molecule has 0 unspecified atom stereocenters. The molecule has 0 amide bonds. The summed E-state index contributed by atoms with van der Waals surface area (Å²) in [6, 6.07) is 0. The van der Waals surface area contributed by atoms with E-state index >= 15 is 0 Å². The Morgan fingerprint density at radius 3 is 2.00 bits per heavy atom. The van der Waals surface area contributed by atoms with Gasteiger partial charge < -0.3 is 24.3 Å². The van der Waals surface area contributed by atoms with Crippen molar-refractivity contribution in [1.29, 1.82) is 0 Å². The molecular weight excluding hydrogens is 237 g/mol. The number of likely N-dealkylation sites (N-methyl/N-ethyl adjacent to an activating group) is 1. The van der Waals surface area contributed by atoms with Gasteiger partial charge in [0.25, 0.3) is 0 Å². The number of nitrogens with zero attached hydrogens (tertiary/aromatic N) is 1. The Balaban J connectivity index is 0. The van der Waals surface area contributed by atoms with Gasteiger partial charge in [-0.2, -0.15) is 0 Å². The van der Waals surface area contributed by atoms with Crippen LogP contribution in [0.1, 0.15) is 6.92 Å². The minimum absolute atomic E-state index is 0.313. The second kappa shape index (κ2) is 8.43. The molecule has 0 saturated heterocycles. The Labute approximate surface area is 94.6 Å². The Bertz CT molecular complexity index is 263. The molecule has 0 radical (unpaired) electrons. The molecule has 8 heteroatoms. The summed E-state index contributed by atoms with van der Waals surface area (Å²) in [5, 5.41) is 0. The summed E-state index contributed by atoms with van der Waals surface area (Å²) in [7, 11) is -0.788. The van der Waals surface area contributed by atoms with Crippen LogP contribution in [-0.4, -0.2) is 52.8 Å². The van der Waals surface area contributed by atoms with Crippen molar-refractivity contribution in [1.82, 2.24) is 4.90 Å². The molecule has 0 bridgehead atoms. The molecule has 0 rings (SSSR count). The Morgan fingerprint density at radius 2 is 1.75 bits per heavy atom. The van der Waals surface area contributed by atoms with Crippen molar-refractivity contribution < 1.29 is 28.8 Å². The fraction of sp³-hybridized carbons (Fsp3) is 0.625. The first-order chi connectivity index (χ1) is 7.04. The van der Waals surface area contributed by atoms with E-state index in [1.54, 1.807) is 6.92 Å². The highest BCUT2D eigenvalue weighted by Gasteiger charge is 2.01. The molecule has 16 heavy (non-hydrogen) atoms. The molecule has 0 aliphatic carbocycles. The van der Waals surface area contributed by atoms with Crippen LogP contribution in [-0.2, 0) is 14.1 Å². The highest BCUT2D eigenvalue weighted by atomic mass is 31.2. The van der Waals surface area contributed by atoms with Gasteiger partial charge in [-0.25, -0.2) is 9.36 Å². The van der Waals surface area contributed by atoms with Gasteiger partial charge in [-0.3, -0.25) is 0 Å². The quantitative estimate of drug-likeness (QED) is 0.361. The second-order valence-electron chi connectivity index (χ2n) is 3.23. The zero-order valence-electron chi connectivity index (χ0n) is 9.58. The number of hydrogen-bond donors (Lipinski definition) is 3. The van der Waals surface area contributed by atoms with Gasteiger partial charge in [0.2, 0.25) is 0 Å². The fourth-order valence-electron chi connectivity index (χ4n) is 0.444. The third-order valence-electron chi connectivity index (χ3n) is 1.12. The van der Waals surface area contributed by atoms with Crippen LogP contribution in [0.3, 0.4) is 0 Å². The molecule has 7 nitrogen and oxygen atoms in total. The number of carbonyl (C=O) groups is 1. The molecule has 0 saturated carbocycles. The van der Waals surface area contributed by atoms with Crippen LogP contribution in [0, 0.1) is 0 Å². The van der Waals surface area contributed by atoms with Crippen molar-refractivity contribution in [2.75, 3.05) is 27.2 Å². The lowest BCUT2D eigenvalue weighted by atomic mass is 10.4. The van der Waals surface area contributed by atoms with Gasteiger partial charge in [-0.1, -0.05) is 6.58 Å². The van der Waals surface area contributed by atoms with Gasteiger partial charge >= 0.3 is 13.8 Å². The van der Waals surface area contributed by atoms with Gasteiger partial charge in [0.05, 0.1) is 0 Å². The first kappa shape index (κ1) is 17.7. The normalized spacial score (nSPS) is 10.4. The number of rotatable bonds is 4. The molecule has 0 heterocycles. The maximum Gasteiger partial charge on any atom is 0.466 e. The molecule has 0 atom stereocenters. The smallest absolute Gasteiger partial charge is 0.461 e. The highest BCUT2D eigenvalue weighted by Crippen LogP contribution is 2.25. The van der Waals surface area contributed by atoms with Crippen LogP contribution in [0.2, 0.25) is 0 Å². The van der Waals surface area contributed by atoms with Crippen LogP contribution in [0.15, 0.2) is 12.2 Å². The summed E-state index contributed by atoms with van der Waals surface area (Å²) in [6.07, 6.45) is 0. The van der Waals surface area contributed by atoms with Crippen molar-refractivity contribution in [3.05, 3.63) is 12.2 Å². The number of phosphoric acid groups is 1. The van der Waals surface area contributed by atoms with E-state index in [1.165, 1.54) is 0 Å². The summed E-state index contributed by atoms with van der Waals surface area (Å²) in [4.78, 5) is 34.3. The molecule has 0 aliphatic rings. The van der Waals surface area contributed by atoms with Crippen LogP contribution >= 0.6 is 7.82 Å². The molecule has 3 N–H and O–H groups in total. The maximum atomic E-state index is 10.8. The van der Waals surface area contributed by atoms with E-state index in [0.29, 0.717) is 12.2 Å². The first-order valence-electron chi connectivity index (χ1n) is 4.29. The Morgan fingerprint density at radius 1 is 1.38 bits per heavy atom. The van der Waals surface area contributed by atoms with Gasteiger partial charge in [0.15, 0.2) is 0 Å².